The number of carbonyl (C=O) groups excluding carboxylic acids is 1. The number of hydrogen-bond donors (Lipinski definition) is 2. The van der Waals surface area contributed by atoms with Crippen molar-refractivity contribution < 1.29 is 14.3 Å². The number of allylic oxidation sites excluding steroid dienone is 1. The zero-order valence-corrected chi connectivity index (χ0v) is 23.0. The smallest absolute Gasteiger partial charge is 0.322 e. The molecule has 0 bridgehead atoms. The van der Waals surface area contributed by atoms with Crippen molar-refractivity contribution in [1.82, 2.24) is 15.5 Å². The summed E-state index contributed by atoms with van der Waals surface area (Å²) in [6, 6.07) is 17.4. The predicted molar refractivity (Wildman–Crippen MR) is 151 cm³/mol. The number of aromatic nitrogens is 2. The van der Waals surface area contributed by atoms with Crippen molar-refractivity contribution in [2.75, 3.05) is 25.6 Å². The summed E-state index contributed by atoms with van der Waals surface area (Å²) in [5, 5.41) is 10.4. The van der Waals surface area contributed by atoms with Gasteiger partial charge in [0.1, 0.15) is 17.4 Å². The maximum atomic E-state index is 13.1. The summed E-state index contributed by atoms with van der Waals surface area (Å²) in [4.78, 5) is 30.6. The van der Waals surface area contributed by atoms with Crippen molar-refractivity contribution in [3.8, 4) is 5.75 Å². The lowest BCUT2D eigenvalue weighted by Gasteiger charge is -2.40. The Morgan fingerprint density at radius 1 is 1.21 bits per heavy atom. The van der Waals surface area contributed by atoms with E-state index in [1.165, 1.54) is 0 Å². The van der Waals surface area contributed by atoms with E-state index in [0.717, 1.165) is 45.4 Å². The van der Waals surface area contributed by atoms with Gasteiger partial charge in [0.15, 0.2) is 0 Å². The SMILES string of the molecule is CCC1=C(COc2ccc(C(=O)NC3(C)CCOCC3c3n[nH]c(=O)s3)cc2)SCC(c2ccccc2)=N1. The van der Waals surface area contributed by atoms with Gasteiger partial charge in [-0.1, -0.05) is 48.6 Å². The van der Waals surface area contributed by atoms with E-state index in [0.29, 0.717) is 42.6 Å². The van der Waals surface area contributed by atoms with Crippen LogP contribution < -0.4 is 14.9 Å². The third kappa shape index (κ3) is 5.92. The molecule has 3 heterocycles. The molecular formula is C28H30N4O4S2. The topological polar surface area (TPSA) is 106 Å². The van der Waals surface area contributed by atoms with Gasteiger partial charge in [-0.3, -0.25) is 14.6 Å². The van der Waals surface area contributed by atoms with Crippen LogP contribution in [0.15, 0.2) is 75.0 Å². The molecule has 0 aliphatic carbocycles. The van der Waals surface area contributed by atoms with E-state index in [-0.39, 0.29) is 16.7 Å². The number of H-pyrrole nitrogens is 1. The number of ether oxygens (including phenoxy) is 2. The summed E-state index contributed by atoms with van der Waals surface area (Å²) in [7, 11) is 0. The number of nitrogens with zero attached hydrogens (tertiary/aromatic N) is 2. The fraction of sp³-hybridized carbons (Fsp3) is 0.357. The minimum absolute atomic E-state index is 0.185. The molecule has 1 amide bonds. The second-order valence-corrected chi connectivity index (χ2v) is 11.5. The lowest BCUT2D eigenvalue weighted by molar-refractivity contribution is 0.0238. The molecular weight excluding hydrogens is 520 g/mol. The van der Waals surface area contributed by atoms with Crippen LogP contribution in [-0.4, -0.2) is 52.9 Å². The molecule has 0 radical (unpaired) electrons. The Bertz CT molecular complexity index is 1400. The van der Waals surface area contributed by atoms with E-state index in [1.54, 1.807) is 23.9 Å². The van der Waals surface area contributed by atoms with E-state index in [2.05, 4.69) is 34.6 Å². The lowest BCUT2D eigenvalue weighted by atomic mass is 9.81. The number of aromatic amines is 1. The number of aliphatic imine (C=N–C) groups is 1. The van der Waals surface area contributed by atoms with Gasteiger partial charge in [-0.25, -0.2) is 5.10 Å². The molecule has 2 aliphatic heterocycles. The molecule has 198 valence electrons. The van der Waals surface area contributed by atoms with E-state index in [1.807, 2.05) is 37.3 Å². The minimum atomic E-state index is -0.580. The molecule has 8 nitrogen and oxygen atoms in total. The van der Waals surface area contributed by atoms with Crippen LogP contribution in [0.3, 0.4) is 0 Å². The molecule has 1 aromatic heterocycles. The lowest BCUT2D eigenvalue weighted by Crippen LogP contribution is -2.54. The highest BCUT2D eigenvalue weighted by Crippen LogP contribution is 2.35. The van der Waals surface area contributed by atoms with E-state index >= 15 is 0 Å². The summed E-state index contributed by atoms with van der Waals surface area (Å²) in [5.74, 6) is 1.12. The fourth-order valence-electron chi connectivity index (χ4n) is 4.59. The third-order valence-electron chi connectivity index (χ3n) is 6.87. The summed E-state index contributed by atoms with van der Waals surface area (Å²) < 4.78 is 11.7. The van der Waals surface area contributed by atoms with Gasteiger partial charge in [0.25, 0.3) is 5.91 Å². The normalized spacial score (nSPS) is 21.6. The highest BCUT2D eigenvalue weighted by atomic mass is 32.2. The average Bonchev–Trinajstić information content (AvgIpc) is 3.38. The fourth-order valence-corrected chi connectivity index (χ4v) is 6.47. The number of amides is 1. The quantitative estimate of drug-likeness (QED) is 0.419. The first kappa shape index (κ1) is 26.4. The van der Waals surface area contributed by atoms with E-state index in [4.69, 9.17) is 14.5 Å². The first-order valence-corrected chi connectivity index (χ1v) is 14.4. The highest BCUT2D eigenvalue weighted by Gasteiger charge is 2.41. The number of nitrogens with one attached hydrogen (secondary N) is 2. The Hall–Kier alpha value is -3.21. The van der Waals surface area contributed by atoms with Gasteiger partial charge in [-0.15, -0.1) is 11.8 Å². The third-order valence-corrected chi connectivity index (χ3v) is 8.86. The minimum Gasteiger partial charge on any atom is -0.488 e. The molecule has 1 fully saturated rings. The standard InChI is InChI=1S/C28H30N4O4S2/c1-3-22-24(37-17-23(29-22)18-7-5-4-6-8-18)16-36-20-11-9-19(10-12-20)25(33)30-28(2)13-14-35-15-21(28)26-31-32-27(34)38-26/h4-12,21H,3,13-17H2,1-2H3,(H,30,33)(H,32,34). The molecule has 0 saturated carbocycles. The van der Waals surface area contributed by atoms with Crippen LogP contribution in [0.2, 0.25) is 0 Å². The van der Waals surface area contributed by atoms with E-state index in [9.17, 15) is 9.59 Å². The van der Waals surface area contributed by atoms with Crippen LogP contribution in [0.4, 0.5) is 0 Å². The predicted octanol–water partition coefficient (Wildman–Crippen LogP) is 4.76. The molecule has 3 aromatic rings. The summed E-state index contributed by atoms with van der Waals surface area (Å²) in [5.41, 5.74) is 3.26. The molecule has 2 unspecified atom stereocenters. The Morgan fingerprint density at radius 3 is 2.71 bits per heavy atom. The molecule has 2 aromatic carbocycles. The largest absolute Gasteiger partial charge is 0.488 e. The van der Waals surface area contributed by atoms with Gasteiger partial charge in [0, 0.05) is 22.8 Å². The van der Waals surface area contributed by atoms with Gasteiger partial charge in [0.2, 0.25) is 0 Å². The molecule has 10 heteroatoms. The summed E-state index contributed by atoms with van der Waals surface area (Å²) in [6.07, 6.45) is 1.46. The van der Waals surface area contributed by atoms with Crippen LogP contribution in [0.5, 0.6) is 5.75 Å². The maximum Gasteiger partial charge on any atom is 0.322 e. The van der Waals surface area contributed by atoms with E-state index < -0.39 is 5.54 Å². The first-order chi connectivity index (χ1) is 18.4. The van der Waals surface area contributed by atoms with Crippen molar-refractivity contribution in [1.29, 1.82) is 0 Å². The van der Waals surface area contributed by atoms with Gasteiger partial charge >= 0.3 is 4.87 Å². The Kier molecular flexibility index (Phi) is 8.11. The number of benzene rings is 2. The van der Waals surface area contributed by atoms with Crippen LogP contribution in [0, 0.1) is 0 Å². The second kappa shape index (κ2) is 11.7. The molecule has 5 rings (SSSR count). The van der Waals surface area contributed by atoms with Gasteiger partial charge < -0.3 is 14.8 Å². The first-order valence-electron chi connectivity index (χ1n) is 12.6. The zero-order chi connectivity index (χ0) is 26.5. The van der Waals surface area contributed by atoms with Gasteiger partial charge in [0.05, 0.1) is 29.5 Å². The Balaban J connectivity index is 1.23. The molecule has 38 heavy (non-hydrogen) atoms. The Morgan fingerprint density at radius 2 is 2.00 bits per heavy atom. The van der Waals surface area contributed by atoms with Gasteiger partial charge in [-0.05, 0) is 49.6 Å². The maximum absolute atomic E-state index is 13.1. The number of rotatable bonds is 8. The molecule has 0 spiro atoms. The monoisotopic (exact) mass is 550 g/mol. The van der Waals surface area contributed by atoms with Crippen molar-refractivity contribution >= 4 is 34.7 Å². The molecule has 2 atom stereocenters. The van der Waals surface area contributed by atoms with Crippen molar-refractivity contribution in [3.63, 3.8) is 0 Å². The number of hydrogen-bond acceptors (Lipinski definition) is 8. The van der Waals surface area contributed by atoms with Crippen LogP contribution in [0.1, 0.15) is 53.5 Å². The molecule has 1 saturated heterocycles. The average molecular weight is 551 g/mol. The zero-order valence-electron chi connectivity index (χ0n) is 21.4. The number of thioether (sulfide) groups is 1. The molecule has 2 N–H and O–H groups in total. The van der Waals surface area contributed by atoms with Crippen LogP contribution in [0.25, 0.3) is 0 Å². The van der Waals surface area contributed by atoms with Crippen molar-refractivity contribution in [3.05, 3.63) is 91.0 Å². The number of carbonyl (C=O) groups is 1. The summed E-state index contributed by atoms with van der Waals surface area (Å²) in [6.45, 7) is 5.46. The van der Waals surface area contributed by atoms with Crippen LogP contribution >= 0.6 is 23.1 Å². The molecule has 2 aliphatic rings. The summed E-state index contributed by atoms with van der Waals surface area (Å²) >= 11 is 2.82. The Labute approximate surface area is 229 Å². The second-order valence-electron chi connectivity index (χ2n) is 9.45. The van der Waals surface area contributed by atoms with Gasteiger partial charge in [-0.2, -0.15) is 5.10 Å². The highest BCUT2D eigenvalue weighted by molar-refractivity contribution is 8.03. The van der Waals surface area contributed by atoms with Crippen molar-refractivity contribution in [2.45, 2.75) is 38.1 Å². The van der Waals surface area contributed by atoms with Crippen LogP contribution in [-0.2, 0) is 4.74 Å². The van der Waals surface area contributed by atoms with Crippen molar-refractivity contribution in [2.24, 2.45) is 4.99 Å².